The zero-order valence-electron chi connectivity index (χ0n) is 9.11. The van der Waals surface area contributed by atoms with Gasteiger partial charge in [0.05, 0.1) is 11.2 Å². The van der Waals surface area contributed by atoms with E-state index in [1.807, 2.05) is 0 Å². The van der Waals surface area contributed by atoms with E-state index in [1.54, 1.807) is 18.2 Å². The van der Waals surface area contributed by atoms with Crippen molar-refractivity contribution >= 4 is 11.8 Å². The summed E-state index contributed by atoms with van der Waals surface area (Å²) >= 11 is 0. The minimum absolute atomic E-state index is 0.103. The highest BCUT2D eigenvalue weighted by Gasteiger charge is 2.14. The van der Waals surface area contributed by atoms with Crippen molar-refractivity contribution in [1.29, 1.82) is 0 Å². The van der Waals surface area contributed by atoms with Gasteiger partial charge in [0.1, 0.15) is 0 Å². The Morgan fingerprint density at radius 2 is 2.00 bits per heavy atom. The van der Waals surface area contributed by atoms with Gasteiger partial charge in [-0.15, -0.1) is 0 Å². The third kappa shape index (κ3) is 1.69. The third-order valence-electron chi connectivity index (χ3n) is 1.31. The average Bonchev–Trinajstić information content (AvgIpc) is 2.15. The molecule has 3 nitrogen and oxygen atoms in total. The Morgan fingerprint density at radius 1 is 1.33 bits per heavy atom. The normalized spacial score (nSPS) is 13.8. The van der Waals surface area contributed by atoms with Crippen LogP contribution in [-0.2, 0) is 9.53 Å². The van der Waals surface area contributed by atoms with Gasteiger partial charge in [0, 0.05) is 5.56 Å². The van der Waals surface area contributed by atoms with Crippen molar-refractivity contribution in [3.8, 4) is 0 Å². The molecule has 1 aromatic rings. The lowest BCUT2D eigenvalue weighted by Crippen LogP contribution is -2.15. The number of Topliss-reactive ketones (excluding diaryl/α,β-unsaturated/α-hetero) is 1. The zero-order valence-corrected chi connectivity index (χ0v) is 6.11. The van der Waals surface area contributed by atoms with Crippen molar-refractivity contribution in [2.24, 2.45) is 0 Å². The second kappa shape index (κ2) is 3.67. The summed E-state index contributed by atoms with van der Waals surface area (Å²) in [6.07, 6.45) is 0. The maximum atomic E-state index is 11.3. The Labute approximate surface area is 74.2 Å². The largest absolute Gasteiger partial charge is 0.463 e. The second-order valence-electron chi connectivity index (χ2n) is 2.08. The molecule has 0 amide bonds. The molecule has 0 fully saturated rings. The number of hydrogen-bond acceptors (Lipinski definition) is 3. The summed E-state index contributed by atoms with van der Waals surface area (Å²) < 4.78 is 23.9. The van der Waals surface area contributed by atoms with Crippen LogP contribution in [0.5, 0.6) is 0 Å². The van der Waals surface area contributed by atoms with E-state index in [4.69, 9.17) is 4.11 Å². The molecular formula is C9H8O3. The molecule has 3 heteroatoms. The van der Waals surface area contributed by atoms with Crippen molar-refractivity contribution in [2.45, 2.75) is 0 Å². The smallest absolute Gasteiger partial charge is 0.379 e. The fourth-order valence-corrected chi connectivity index (χ4v) is 0.754. The molecule has 0 saturated carbocycles. The van der Waals surface area contributed by atoms with Gasteiger partial charge in [-0.05, 0) is 0 Å². The van der Waals surface area contributed by atoms with Gasteiger partial charge in [0.15, 0.2) is 0 Å². The predicted molar refractivity (Wildman–Crippen MR) is 42.8 cm³/mol. The summed E-state index contributed by atoms with van der Waals surface area (Å²) in [7, 11) is -2.89. The quantitative estimate of drug-likeness (QED) is 0.375. The summed E-state index contributed by atoms with van der Waals surface area (Å²) in [5.74, 6) is -2.34. The minimum Gasteiger partial charge on any atom is -0.463 e. The lowest BCUT2D eigenvalue weighted by molar-refractivity contribution is -0.135. The number of methoxy groups -OCH3 is 1. The van der Waals surface area contributed by atoms with Crippen LogP contribution >= 0.6 is 0 Å². The average molecular weight is 167 g/mol. The molecule has 0 saturated heterocycles. The Kier molecular flexibility index (Phi) is 1.55. The number of esters is 1. The fourth-order valence-electron chi connectivity index (χ4n) is 0.754. The summed E-state index contributed by atoms with van der Waals surface area (Å²) in [6.45, 7) is 0. The van der Waals surface area contributed by atoms with E-state index in [9.17, 15) is 9.59 Å². The van der Waals surface area contributed by atoms with Crippen LogP contribution in [0.1, 0.15) is 14.5 Å². The zero-order chi connectivity index (χ0) is 11.5. The number of ether oxygens (including phenoxy) is 1. The van der Waals surface area contributed by atoms with Gasteiger partial charge in [-0.25, -0.2) is 4.79 Å². The van der Waals surface area contributed by atoms with Crippen molar-refractivity contribution in [3.63, 3.8) is 0 Å². The maximum absolute atomic E-state index is 11.3. The van der Waals surface area contributed by atoms with E-state index >= 15 is 0 Å². The SMILES string of the molecule is [2H]C([2H])([2H])OC(=O)C(=O)c1ccccc1. The van der Waals surface area contributed by atoms with E-state index in [2.05, 4.69) is 4.74 Å². The first-order valence-electron chi connectivity index (χ1n) is 4.73. The minimum atomic E-state index is -2.89. The van der Waals surface area contributed by atoms with Crippen LogP contribution in [0.4, 0.5) is 0 Å². The van der Waals surface area contributed by atoms with E-state index < -0.39 is 18.8 Å². The lowest BCUT2D eigenvalue weighted by atomic mass is 10.1. The van der Waals surface area contributed by atoms with Crippen molar-refractivity contribution in [3.05, 3.63) is 35.9 Å². The molecule has 0 heterocycles. The number of carbonyl (C=O) groups excluding carboxylic acids is 2. The Hall–Kier alpha value is -1.64. The lowest BCUT2D eigenvalue weighted by Gasteiger charge is -1.96. The second-order valence-corrected chi connectivity index (χ2v) is 2.08. The maximum Gasteiger partial charge on any atom is 0.379 e. The molecular weight excluding hydrogens is 156 g/mol. The van der Waals surface area contributed by atoms with Gasteiger partial charge in [0.25, 0.3) is 5.78 Å². The number of rotatable bonds is 2. The van der Waals surface area contributed by atoms with E-state index in [-0.39, 0.29) is 5.56 Å². The molecule has 1 rings (SSSR count). The number of benzene rings is 1. The Morgan fingerprint density at radius 3 is 2.58 bits per heavy atom. The number of hydrogen-bond donors (Lipinski definition) is 0. The number of carbonyl (C=O) groups is 2. The van der Waals surface area contributed by atoms with Crippen LogP contribution in [0, 0.1) is 0 Å². The van der Waals surface area contributed by atoms with Gasteiger partial charge < -0.3 is 4.74 Å². The van der Waals surface area contributed by atoms with Gasteiger partial charge >= 0.3 is 5.97 Å². The summed E-state index contributed by atoms with van der Waals surface area (Å²) in [4.78, 5) is 22.3. The summed E-state index contributed by atoms with van der Waals surface area (Å²) in [5.41, 5.74) is 0.103. The Balaban J connectivity index is 2.75. The first kappa shape index (κ1) is 5.09. The molecule has 0 aliphatic rings. The van der Waals surface area contributed by atoms with Crippen LogP contribution in [0.2, 0.25) is 0 Å². The van der Waals surface area contributed by atoms with Crippen LogP contribution in [-0.4, -0.2) is 18.8 Å². The summed E-state index contributed by atoms with van der Waals surface area (Å²) in [5, 5.41) is 0. The molecule has 0 N–H and O–H groups in total. The molecule has 0 atom stereocenters. The molecule has 0 radical (unpaired) electrons. The van der Waals surface area contributed by atoms with E-state index in [1.165, 1.54) is 12.1 Å². The standard InChI is InChI=1S/C9H8O3/c1-12-9(11)8(10)7-5-3-2-4-6-7/h2-6H,1H3/i1D3. The van der Waals surface area contributed by atoms with Crippen LogP contribution < -0.4 is 0 Å². The predicted octanol–water partition coefficient (Wildman–Crippen LogP) is 1.04. The highest BCUT2D eigenvalue weighted by atomic mass is 16.5. The first-order valence-corrected chi connectivity index (χ1v) is 3.23. The van der Waals surface area contributed by atoms with Crippen molar-refractivity contribution in [2.75, 3.05) is 7.04 Å². The highest BCUT2D eigenvalue weighted by Crippen LogP contribution is 2.00. The van der Waals surface area contributed by atoms with Crippen LogP contribution in [0.15, 0.2) is 30.3 Å². The van der Waals surface area contributed by atoms with Gasteiger partial charge in [-0.1, -0.05) is 30.3 Å². The topological polar surface area (TPSA) is 43.4 Å². The van der Waals surface area contributed by atoms with Crippen LogP contribution in [0.25, 0.3) is 0 Å². The van der Waals surface area contributed by atoms with Gasteiger partial charge in [-0.2, -0.15) is 0 Å². The van der Waals surface area contributed by atoms with Crippen molar-refractivity contribution < 1.29 is 18.4 Å². The number of ketones is 1. The van der Waals surface area contributed by atoms with Crippen LogP contribution in [0.3, 0.4) is 0 Å². The van der Waals surface area contributed by atoms with E-state index in [0.29, 0.717) is 0 Å². The molecule has 0 aliphatic heterocycles. The molecule has 0 aliphatic carbocycles. The molecule has 0 bridgehead atoms. The Bertz CT molecular complexity index is 370. The first-order chi connectivity index (χ1) is 6.90. The van der Waals surface area contributed by atoms with E-state index in [0.717, 1.165) is 0 Å². The van der Waals surface area contributed by atoms with Gasteiger partial charge in [0.2, 0.25) is 0 Å². The molecule has 62 valence electrons. The monoisotopic (exact) mass is 167 g/mol. The fraction of sp³-hybridized carbons (Fsp3) is 0.111. The highest BCUT2D eigenvalue weighted by molar-refractivity contribution is 6.40. The molecule has 0 unspecified atom stereocenters. The third-order valence-corrected chi connectivity index (χ3v) is 1.31. The summed E-state index contributed by atoms with van der Waals surface area (Å²) in [6, 6.07) is 7.61. The molecule has 0 aromatic heterocycles. The van der Waals surface area contributed by atoms with Crippen molar-refractivity contribution in [1.82, 2.24) is 0 Å². The molecule has 0 spiro atoms. The molecule has 1 aromatic carbocycles. The molecule has 12 heavy (non-hydrogen) atoms. The van der Waals surface area contributed by atoms with Gasteiger partial charge in [-0.3, -0.25) is 4.79 Å².